The van der Waals surface area contributed by atoms with E-state index in [1.54, 1.807) is 0 Å². The van der Waals surface area contributed by atoms with Crippen molar-refractivity contribution in [3.05, 3.63) is 0 Å². The predicted molar refractivity (Wildman–Crippen MR) is 95.3 cm³/mol. The van der Waals surface area contributed by atoms with Gasteiger partial charge in [0.25, 0.3) is 0 Å². The van der Waals surface area contributed by atoms with Gasteiger partial charge in [0, 0.05) is 0 Å². The van der Waals surface area contributed by atoms with Crippen LogP contribution in [0.2, 0.25) is 0 Å². The Labute approximate surface area is 181 Å². The smallest absolute Gasteiger partial charge is 0.224 e. The van der Waals surface area contributed by atoms with Crippen molar-refractivity contribution in [2.45, 2.75) is 72.8 Å². The molecule has 3 aliphatic rings. The molecule has 0 aromatic heterocycles. The molecule has 0 saturated carbocycles. The summed E-state index contributed by atoms with van der Waals surface area (Å²) in [6.07, 6.45) is -16.5. The Morgan fingerprint density at radius 1 is 0.719 bits per heavy atom. The summed E-state index contributed by atoms with van der Waals surface area (Å²) < 4.78 is 26.8. The molecule has 3 fully saturated rings. The first kappa shape index (κ1) is 26.0. The molecular formula is C17H30O15. The van der Waals surface area contributed by atoms with E-state index in [-0.39, 0.29) is 0 Å². The first-order chi connectivity index (χ1) is 15.1. The second kappa shape index (κ2) is 9.95. The number of hydrogen-bond acceptors (Lipinski definition) is 15. The summed E-state index contributed by atoms with van der Waals surface area (Å²) in [6.45, 7) is -3.90. The third kappa shape index (κ3) is 4.40. The maximum absolute atomic E-state index is 10.6. The fraction of sp³-hybridized carbons (Fsp3) is 1.00. The van der Waals surface area contributed by atoms with Crippen molar-refractivity contribution in [1.82, 2.24) is 0 Å². The molecule has 0 bridgehead atoms. The normalized spacial score (nSPS) is 51.9. The Bertz CT molecular complexity index is 625. The van der Waals surface area contributed by atoms with Crippen LogP contribution in [0.4, 0.5) is 0 Å². The second-order valence-electron chi connectivity index (χ2n) is 7.99. The van der Waals surface area contributed by atoms with Gasteiger partial charge < -0.3 is 74.7 Å². The van der Waals surface area contributed by atoms with Gasteiger partial charge in [0.2, 0.25) is 11.6 Å². The number of hydrogen-bond donors (Lipinski definition) is 10. The lowest BCUT2D eigenvalue weighted by atomic mass is 10.0. The largest absolute Gasteiger partial charge is 0.394 e. The highest BCUT2D eigenvalue weighted by Crippen LogP contribution is 2.39. The molecule has 10 N–H and O–H groups in total. The zero-order chi connectivity index (χ0) is 23.8. The van der Waals surface area contributed by atoms with Crippen molar-refractivity contribution >= 4 is 0 Å². The van der Waals surface area contributed by atoms with Crippen molar-refractivity contribution in [2.24, 2.45) is 0 Å². The van der Waals surface area contributed by atoms with E-state index in [0.29, 0.717) is 0 Å². The highest BCUT2D eigenvalue weighted by Gasteiger charge is 2.61. The molecule has 3 aliphatic heterocycles. The summed E-state index contributed by atoms with van der Waals surface area (Å²) in [6, 6.07) is 0. The van der Waals surface area contributed by atoms with Gasteiger partial charge in [-0.1, -0.05) is 0 Å². The Kier molecular flexibility index (Phi) is 8.08. The first-order valence-electron chi connectivity index (χ1n) is 9.94. The molecule has 0 radical (unpaired) electrons. The van der Waals surface area contributed by atoms with Crippen molar-refractivity contribution < 1.29 is 74.7 Å². The molecule has 3 rings (SSSR count). The van der Waals surface area contributed by atoms with Crippen molar-refractivity contribution in [2.75, 3.05) is 33.0 Å². The number of rotatable bonds is 8. The molecule has 0 spiro atoms. The lowest BCUT2D eigenvalue weighted by Gasteiger charge is -2.42. The Balaban J connectivity index is 1.84. The lowest BCUT2D eigenvalue weighted by Crippen LogP contribution is -2.61. The molecule has 188 valence electrons. The van der Waals surface area contributed by atoms with Gasteiger partial charge in [-0.25, -0.2) is 0 Å². The minimum atomic E-state index is -2.39. The molecular weight excluding hydrogens is 444 g/mol. The fourth-order valence-electron chi connectivity index (χ4n) is 3.86. The van der Waals surface area contributed by atoms with Crippen LogP contribution < -0.4 is 0 Å². The number of aliphatic hydroxyl groups is 10. The molecule has 0 amide bonds. The second-order valence-corrected chi connectivity index (χ2v) is 7.99. The fourth-order valence-corrected chi connectivity index (χ4v) is 3.86. The van der Waals surface area contributed by atoms with E-state index in [1.807, 2.05) is 0 Å². The minimum Gasteiger partial charge on any atom is -0.394 e. The SMILES string of the molecule is OC[C@H]1O[C@@](CO)(OC[C@@]2(O[C@H]3OC[C@@H](O)[C@H](O)[C@H]3O)O[C@H](CO)[C@@H](O)[C@@H]2O)[C@@H](O)[C@@H]1O. The maximum Gasteiger partial charge on any atom is 0.224 e. The zero-order valence-electron chi connectivity index (χ0n) is 16.8. The average Bonchev–Trinajstić information content (AvgIpc) is 3.18. The molecule has 3 heterocycles. The minimum absolute atomic E-state index is 0.464. The van der Waals surface area contributed by atoms with Gasteiger partial charge in [-0.2, -0.15) is 0 Å². The van der Waals surface area contributed by atoms with Crippen LogP contribution in [0.1, 0.15) is 0 Å². The van der Waals surface area contributed by atoms with E-state index < -0.39 is 106 Å². The summed E-state index contributed by atoms with van der Waals surface area (Å²) in [5.74, 6) is -4.69. The molecule has 12 atom stereocenters. The molecule has 0 unspecified atom stereocenters. The summed E-state index contributed by atoms with van der Waals surface area (Å²) in [4.78, 5) is 0. The average molecular weight is 474 g/mol. The summed E-state index contributed by atoms with van der Waals surface area (Å²) >= 11 is 0. The van der Waals surface area contributed by atoms with Crippen LogP contribution in [-0.4, -0.2) is 157 Å². The molecule has 0 aliphatic carbocycles. The molecule has 15 heteroatoms. The van der Waals surface area contributed by atoms with Crippen molar-refractivity contribution in [3.63, 3.8) is 0 Å². The molecule has 32 heavy (non-hydrogen) atoms. The predicted octanol–water partition coefficient (Wildman–Crippen LogP) is -6.93. The van der Waals surface area contributed by atoms with Gasteiger partial charge >= 0.3 is 0 Å². The van der Waals surface area contributed by atoms with Gasteiger partial charge in [-0.3, -0.25) is 0 Å². The van der Waals surface area contributed by atoms with Gasteiger partial charge in [0.1, 0.15) is 68.1 Å². The van der Waals surface area contributed by atoms with E-state index in [4.69, 9.17) is 23.7 Å². The summed E-state index contributed by atoms with van der Waals surface area (Å²) in [5, 5.41) is 99.2. The first-order valence-corrected chi connectivity index (χ1v) is 9.94. The van der Waals surface area contributed by atoms with Gasteiger partial charge in [0.05, 0.1) is 19.8 Å². The van der Waals surface area contributed by atoms with E-state index in [2.05, 4.69) is 0 Å². The highest BCUT2D eigenvalue weighted by atomic mass is 16.8. The van der Waals surface area contributed by atoms with E-state index in [9.17, 15) is 51.1 Å². The monoisotopic (exact) mass is 474 g/mol. The lowest BCUT2D eigenvalue weighted by molar-refractivity contribution is -0.390. The van der Waals surface area contributed by atoms with E-state index >= 15 is 0 Å². The Morgan fingerprint density at radius 3 is 1.75 bits per heavy atom. The molecule has 3 saturated heterocycles. The van der Waals surface area contributed by atoms with Crippen molar-refractivity contribution in [1.29, 1.82) is 0 Å². The van der Waals surface area contributed by atoms with Gasteiger partial charge in [-0.05, 0) is 0 Å². The third-order valence-electron chi connectivity index (χ3n) is 5.88. The highest BCUT2D eigenvalue weighted by molar-refractivity contribution is 5.01. The summed E-state index contributed by atoms with van der Waals surface area (Å²) in [5.41, 5.74) is 0. The van der Waals surface area contributed by atoms with Crippen LogP contribution in [-0.2, 0) is 23.7 Å². The molecule has 15 nitrogen and oxygen atoms in total. The number of aliphatic hydroxyl groups excluding tert-OH is 10. The van der Waals surface area contributed by atoms with Crippen LogP contribution in [0.25, 0.3) is 0 Å². The van der Waals surface area contributed by atoms with Gasteiger partial charge in [0.15, 0.2) is 6.29 Å². The van der Waals surface area contributed by atoms with E-state index in [0.717, 1.165) is 0 Å². The standard InChI is InChI=1S/C17H30O15/c18-1-7-10(23)13(26)16(4-20,30-7)29-5-17(14(27)11(24)8(2-19)31-17)32-15-12(25)9(22)6(21)3-28-15/h6-15,18-27H,1-5H2/t6-,7-,8-,9+,10-,11-,12-,13+,14+,15-,16-,17+/m1/s1. The zero-order valence-corrected chi connectivity index (χ0v) is 16.8. The molecule has 0 aromatic rings. The Morgan fingerprint density at radius 2 is 1.25 bits per heavy atom. The van der Waals surface area contributed by atoms with Crippen molar-refractivity contribution in [3.8, 4) is 0 Å². The summed E-state index contributed by atoms with van der Waals surface area (Å²) in [7, 11) is 0. The molecule has 0 aromatic carbocycles. The topological polar surface area (TPSA) is 248 Å². The van der Waals surface area contributed by atoms with Gasteiger partial charge in [-0.15, -0.1) is 0 Å². The van der Waals surface area contributed by atoms with Crippen LogP contribution in [0, 0.1) is 0 Å². The van der Waals surface area contributed by atoms with Crippen LogP contribution in [0.15, 0.2) is 0 Å². The van der Waals surface area contributed by atoms with E-state index in [1.165, 1.54) is 0 Å². The number of ether oxygens (including phenoxy) is 5. The maximum atomic E-state index is 10.6. The van der Waals surface area contributed by atoms with Crippen LogP contribution in [0.3, 0.4) is 0 Å². The van der Waals surface area contributed by atoms with Crippen LogP contribution in [0.5, 0.6) is 0 Å². The Hall–Kier alpha value is -0.600. The third-order valence-corrected chi connectivity index (χ3v) is 5.88. The quantitative estimate of drug-likeness (QED) is 0.157. The van der Waals surface area contributed by atoms with Crippen LogP contribution >= 0.6 is 0 Å².